The molecule has 15 heteroatoms. The molecular weight excluding hydrogens is 488 g/mol. The Balaban J connectivity index is 2.80. The summed E-state index contributed by atoms with van der Waals surface area (Å²) in [6.45, 7) is 1.70. The molecule has 0 bridgehead atoms. The van der Waals surface area contributed by atoms with Crippen LogP contribution in [-0.2, 0) is 19.1 Å². The molecule has 1 rings (SSSR count). The number of nitro groups is 1. The number of nitro benzene ring substituents is 1. The van der Waals surface area contributed by atoms with Crippen LogP contribution in [0.1, 0.15) is 39.0 Å². The van der Waals surface area contributed by atoms with Crippen LogP contribution >= 0.6 is 0 Å². The Hall–Kier alpha value is -4.43. The lowest BCUT2D eigenvalue weighted by Gasteiger charge is -2.20. The molecule has 8 N–H and O–H groups in total. The molecule has 0 aliphatic heterocycles. The summed E-state index contributed by atoms with van der Waals surface area (Å²) in [6, 6.07) is 3.28. The summed E-state index contributed by atoms with van der Waals surface area (Å²) < 4.78 is 4.53. The maximum absolute atomic E-state index is 12.8. The van der Waals surface area contributed by atoms with E-state index in [0.29, 0.717) is 24.9 Å². The molecule has 0 fully saturated rings. The van der Waals surface area contributed by atoms with Crippen molar-refractivity contribution in [2.45, 2.75) is 51.1 Å². The summed E-state index contributed by atoms with van der Waals surface area (Å²) in [4.78, 5) is 63.4. The van der Waals surface area contributed by atoms with Gasteiger partial charge in [0.1, 0.15) is 12.1 Å². The SMILES string of the molecule is CCCCC(NC(=O)OC)C(=O)NCC(=O)NC(CCCN=C(N)N)C(=O)Nc1ccc([N+](=O)[O-])cc1. The second-order valence-electron chi connectivity index (χ2n) is 7.91. The fraction of sp³-hybridized carbons (Fsp3) is 0.500. The molecule has 1 aromatic rings. The second-order valence-corrected chi connectivity index (χ2v) is 7.91. The number of nitrogens with zero attached hydrogens (tertiary/aromatic N) is 2. The summed E-state index contributed by atoms with van der Waals surface area (Å²) in [5.74, 6) is -1.91. The third kappa shape index (κ3) is 12.2. The number of aliphatic imine (C=N–C) groups is 1. The lowest BCUT2D eigenvalue weighted by Crippen LogP contribution is -2.51. The zero-order valence-electron chi connectivity index (χ0n) is 20.8. The highest BCUT2D eigenvalue weighted by Gasteiger charge is 2.24. The van der Waals surface area contributed by atoms with Crippen molar-refractivity contribution in [1.82, 2.24) is 16.0 Å². The van der Waals surface area contributed by atoms with Crippen LogP contribution in [0.2, 0.25) is 0 Å². The molecule has 2 unspecified atom stereocenters. The summed E-state index contributed by atoms with van der Waals surface area (Å²) in [5, 5.41) is 20.8. The number of anilines is 1. The Morgan fingerprint density at radius 1 is 1.03 bits per heavy atom. The van der Waals surface area contributed by atoms with E-state index in [9.17, 15) is 29.3 Å². The summed E-state index contributed by atoms with van der Waals surface area (Å²) in [7, 11) is 1.17. The number of hydrogen-bond donors (Lipinski definition) is 6. The van der Waals surface area contributed by atoms with Crippen LogP contribution in [0.5, 0.6) is 0 Å². The Morgan fingerprint density at radius 2 is 1.65 bits per heavy atom. The fourth-order valence-electron chi connectivity index (χ4n) is 3.08. The van der Waals surface area contributed by atoms with Crippen molar-refractivity contribution in [3.05, 3.63) is 34.4 Å². The number of unbranched alkanes of at least 4 members (excludes halogenated alkanes) is 1. The zero-order chi connectivity index (χ0) is 27.8. The third-order valence-electron chi connectivity index (χ3n) is 5.01. The second kappa shape index (κ2) is 16.3. The molecule has 0 aromatic heterocycles. The maximum atomic E-state index is 12.8. The predicted molar refractivity (Wildman–Crippen MR) is 135 cm³/mol. The van der Waals surface area contributed by atoms with Crippen molar-refractivity contribution in [3.8, 4) is 0 Å². The van der Waals surface area contributed by atoms with Gasteiger partial charge in [0.2, 0.25) is 17.7 Å². The monoisotopic (exact) mass is 522 g/mol. The van der Waals surface area contributed by atoms with Crippen molar-refractivity contribution >= 4 is 41.1 Å². The highest BCUT2D eigenvalue weighted by atomic mass is 16.6. The van der Waals surface area contributed by atoms with Crippen molar-refractivity contribution in [2.75, 3.05) is 25.5 Å². The van der Waals surface area contributed by atoms with E-state index in [1.807, 2.05) is 6.92 Å². The first-order valence-corrected chi connectivity index (χ1v) is 11.6. The van der Waals surface area contributed by atoms with Crippen LogP contribution in [0.4, 0.5) is 16.2 Å². The van der Waals surface area contributed by atoms with Gasteiger partial charge >= 0.3 is 6.09 Å². The molecule has 0 aliphatic carbocycles. The Morgan fingerprint density at radius 3 is 2.22 bits per heavy atom. The molecule has 1 aromatic carbocycles. The number of methoxy groups -OCH3 is 1. The average molecular weight is 523 g/mol. The van der Waals surface area contributed by atoms with Gasteiger partial charge in [-0.15, -0.1) is 0 Å². The Kier molecular flexibility index (Phi) is 13.5. The molecule has 0 spiro atoms. The number of nitrogens with one attached hydrogen (secondary N) is 4. The maximum Gasteiger partial charge on any atom is 0.407 e. The van der Waals surface area contributed by atoms with Gasteiger partial charge in [-0.05, 0) is 31.4 Å². The first-order chi connectivity index (χ1) is 17.6. The summed E-state index contributed by atoms with van der Waals surface area (Å²) in [5.41, 5.74) is 10.8. The van der Waals surface area contributed by atoms with Crippen LogP contribution < -0.4 is 32.7 Å². The van der Waals surface area contributed by atoms with Crippen LogP contribution in [0.3, 0.4) is 0 Å². The lowest BCUT2D eigenvalue weighted by molar-refractivity contribution is -0.384. The smallest absolute Gasteiger partial charge is 0.407 e. The predicted octanol–water partition coefficient (Wildman–Crippen LogP) is 0.103. The van der Waals surface area contributed by atoms with E-state index in [1.54, 1.807) is 0 Å². The lowest BCUT2D eigenvalue weighted by atomic mass is 10.1. The van der Waals surface area contributed by atoms with Crippen molar-refractivity contribution < 1.29 is 28.8 Å². The fourth-order valence-corrected chi connectivity index (χ4v) is 3.08. The largest absolute Gasteiger partial charge is 0.453 e. The molecule has 0 saturated carbocycles. The summed E-state index contributed by atoms with van der Waals surface area (Å²) in [6.07, 6.45) is 1.55. The minimum absolute atomic E-state index is 0.114. The third-order valence-corrected chi connectivity index (χ3v) is 5.01. The molecular formula is C22H34N8O7. The average Bonchev–Trinajstić information content (AvgIpc) is 2.86. The minimum atomic E-state index is -1.02. The van der Waals surface area contributed by atoms with Crippen molar-refractivity contribution in [2.24, 2.45) is 16.5 Å². The van der Waals surface area contributed by atoms with Crippen molar-refractivity contribution in [1.29, 1.82) is 0 Å². The number of nitrogens with two attached hydrogens (primary N) is 2. The van der Waals surface area contributed by atoms with Crippen molar-refractivity contribution in [3.63, 3.8) is 0 Å². The van der Waals surface area contributed by atoms with Crippen LogP contribution in [-0.4, -0.2) is 67.0 Å². The number of benzene rings is 1. The highest BCUT2D eigenvalue weighted by Crippen LogP contribution is 2.16. The van der Waals surface area contributed by atoms with Gasteiger partial charge < -0.3 is 37.5 Å². The topological polar surface area (TPSA) is 233 Å². The number of rotatable bonds is 15. The number of carbonyl (C=O) groups excluding carboxylic acids is 4. The molecule has 37 heavy (non-hydrogen) atoms. The van der Waals surface area contributed by atoms with Gasteiger partial charge in [-0.1, -0.05) is 19.8 Å². The highest BCUT2D eigenvalue weighted by molar-refractivity contribution is 5.98. The molecule has 0 aliphatic rings. The normalized spacial score (nSPS) is 11.8. The van der Waals surface area contributed by atoms with Gasteiger partial charge in [0, 0.05) is 24.4 Å². The Labute approximate surface area is 213 Å². The van der Waals surface area contributed by atoms with Crippen LogP contribution in [0.15, 0.2) is 29.3 Å². The molecule has 204 valence electrons. The number of alkyl carbamates (subject to hydrolysis) is 1. The minimum Gasteiger partial charge on any atom is -0.453 e. The quantitative estimate of drug-likeness (QED) is 0.0601. The van der Waals surface area contributed by atoms with E-state index in [0.717, 1.165) is 6.42 Å². The van der Waals surface area contributed by atoms with Gasteiger partial charge in [0.05, 0.1) is 18.6 Å². The first kappa shape index (κ1) is 30.6. The van der Waals surface area contributed by atoms with E-state index < -0.39 is 47.4 Å². The molecule has 2 atom stereocenters. The Bertz CT molecular complexity index is 964. The van der Waals surface area contributed by atoms with Crippen LogP contribution in [0.25, 0.3) is 0 Å². The number of ether oxygens (including phenoxy) is 1. The standard InChI is InChI=1S/C22H34N8O7/c1-3-4-6-16(29-22(34)37-2)19(32)26-13-18(31)28-17(7-5-12-25-21(23)24)20(33)27-14-8-10-15(11-9-14)30(35)36/h8-11,16-17H,3-7,12-13H2,1-2H3,(H,26,32)(H,27,33)(H,28,31)(H,29,34)(H4,23,24,25). The van der Waals surface area contributed by atoms with E-state index >= 15 is 0 Å². The molecule has 0 saturated heterocycles. The number of guanidine groups is 1. The number of hydrogen-bond acceptors (Lipinski definition) is 8. The van der Waals surface area contributed by atoms with Crippen LogP contribution in [0, 0.1) is 10.1 Å². The molecule has 0 radical (unpaired) electrons. The van der Waals surface area contributed by atoms with Gasteiger partial charge in [0.25, 0.3) is 5.69 Å². The van der Waals surface area contributed by atoms with Gasteiger partial charge in [0.15, 0.2) is 5.96 Å². The van der Waals surface area contributed by atoms with Gasteiger partial charge in [-0.3, -0.25) is 29.5 Å². The zero-order valence-corrected chi connectivity index (χ0v) is 20.8. The molecule has 15 nitrogen and oxygen atoms in total. The van der Waals surface area contributed by atoms with E-state index in [-0.39, 0.29) is 24.6 Å². The van der Waals surface area contributed by atoms with E-state index in [4.69, 9.17) is 11.5 Å². The number of carbonyl (C=O) groups is 4. The first-order valence-electron chi connectivity index (χ1n) is 11.6. The number of non-ortho nitro benzene ring substituents is 1. The number of amides is 4. The van der Waals surface area contributed by atoms with E-state index in [2.05, 4.69) is 31.0 Å². The molecule has 0 heterocycles. The van der Waals surface area contributed by atoms with E-state index in [1.165, 1.54) is 31.4 Å². The molecule has 4 amide bonds. The van der Waals surface area contributed by atoms with Gasteiger partial charge in [-0.2, -0.15) is 0 Å². The van der Waals surface area contributed by atoms with Gasteiger partial charge in [-0.25, -0.2) is 4.79 Å². The summed E-state index contributed by atoms with van der Waals surface area (Å²) >= 11 is 0.